The van der Waals surface area contributed by atoms with Gasteiger partial charge >= 0.3 is 0 Å². The largest absolute Gasteiger partial charge is 0.354 e. The zero-order valence-electron chi connectivity index (χ0n) is 15.2. The molecule has 0 saturated heterocycles. The number of aromatic amines is 1. The number of aromatic nitrogens is 4. The van der Waals surface area contributed by atoms with Gasteiger partial charge in [0, 0.05) is 30.1 Å². The summed E-state index contributed by atoms with van der Waals surface area (Å²) in [5.74, 6) is 2.60. The lowest BCUT2D eigenvalue weighted by atomic mass is 9.93. The van der Waals surface area contributed by atoms with Crippen LogP contribution in [0.2, 0.25) is 0 Å². The lowest BCUT2D eigenvalue weighted by molar-refractivity contribution is 0.0673. The fourth-order valence-corrected chi connectivity index (χ4v) is 4.48. The third-order valence-corrected chi connectivity index (χ3v) is 5.93. The maximum atomic E-state index is 13.2. The fourth-order valence-electron chi connectivity index (χ4n) is 4.48. The normalized spacial score (nSPS) is 22.3. The molecule has 26 heavy (non-hydrogen) atoms. The Hall–Kier alpha value is -2.44. The van der Waals surface area contributed by atoms with Gasteiger partial charge in [-0.2, -0.15) is 0 Å². The molecule has 7 nitrogen and oxygen atoms in total. The number of H-pyrrole nitrogens is 1. The topological polar surface area (TPSA) is 83.9 Å². The minimum atomic E-state index is -0.0428. The van der Waals surface area contributed by atoms with E-state index in [4.69, 9.17) is 0 Å². The van der Waals surface area contributed by atoms with E-state index in [0.717, 1.165) is 41.3 Å². The van der Waals surface area contributed by atoms with Crippen LogP contribution >= 0.6 is 0 Å². The minimum absolute atomic E-state index is 0.0428. The standard InChI is InChI=1S/C19H23N5O2/c1-10-8-23(9-15-21-22-18(24(10)15)12-6-7-12)19(26)17-11(2)16-13(20-17)4-3-5-14(16)25/h10,12,20H,3-9H2,1-2H3/t10-/m0/s1. The number of nitrogens with zero attached hydrogens (tertiary/aromatic N) is 4. The van der Waals surface area contributed by atoms with E-state index in [1.54, 1.807) is 0 Å². The number of fused-ring (bicyclic) bond motifs is 2. The van der Waals surface area contributed by atoms with Crippen molar-refractivity contribution in [3.8, 4) is 0 Å². The average Bonchev–Trinajstić information content (AvgIpc) is 3.28. The van der Waals surface area contributed by atoms with Gasteiger partial charge < -0.3 is 14.5 Å². The molecule has 0 aromatic carbocycles. The summed E-state index contributed by atoms with van der Waals surface area (Å²) in [4.78, 5) is 30.5. The summed E-state index contributed by atoms with van der Waals surface area (Å²) in [5, 5.41) is 8.73. The first-order chi connectivity index (χ1) is 12.5. The predicted molar refractivity (Wildman–Crippen MR) is 94.2 cm³/mol. The lowest BCUT2D eigenvalue weighted by Gasteiger charge is -2.32. The van der Waals surface area contributed by atoms with Gasteiger partial charge in [-0.15, -0.1) is 10.2 Å². The van der Waals surface area contributed by atoms with Crippen molar-refractivity contribution in [3.05, 3.63) is 34.2 Å². The monoisotopic (exact) mass is 353 g/mol. The van der Waals surface area contributed by atoms with Crippen molar-refractivity contribution in [2.24, 2.45) is 0 Å². The van der Waals surface area contributed by atoms with Gasteiger partial charge in [0.05, 0.1) is 12.6 Å². The summed E-state index contributed by atoms with van der Waals surface area (Å²) >= 11 is 0. The van der Waals surface area contributed by atoms with Gasteiger partial charge in [-0.25, -0.2) is 0 Å². The van der Waals surface area contributed by atoms with Crippen molar-refractivity contribution in [3.63, 3.8) is 0 Å². The number of nitrogens with one attached hydrogen (secondary N) is 1. The van der Waals surface area contributed by atoms with Crippen molar-refractivity contribution >= 4 is 11.7 Å². The Balaban J connectivity index is 1.46. The molecule has 1 N–H and O–H groups in total. The molecule has 3 aliphatic rings. The molecule has 0 unspecified atom stereocenters. The Morgan fingerprint density at radius 3 is 2.77 bits per heavy atom. The second-order valence-corrected chi connectivity index (χ2v) is 7.91. The van der Waals surface area contributed by atoms with Gasteiger partial charge in [-0.05, 0) is 45.1 Å². The predicted octanol–water partition coefficient (Wildman–Crippen LogP) is 2.53. The third-order valence-electron chi connectivity index (χ3n) is 5.93. The molecular formula is C19H23N5O2. The number of hydrogen-bond donors (Lipinski definition) is 1. The van der Waals surface area contributed by atoms with Crippen LogP contribution in [0.4, 0.5) is 0 Å². The number of aryl methyl sites for hydroxylation is 1. The van der Waals surface area contributed by atoms with E-state index in [-0.39, 0.29) is 17.7 Å². The number of ketones is 1. The number of hydrogen-bond acceptors (Lipinski definition) is 4. The quantitative estimate of drug-likeness (QED) is 0.899. The van der Waals surface area contributed by atoms with Crippen LogP contribution in [-0.4, -0.2) is 42.9 Å². The second-order valence-electron chi connectivity index (χ2n) is 7.91. The molecule has 0 spiro atoms. The first-order valence-corrected chi connectivity index (χ1v) is 9.52. The molecule has 1 atom stereocenters. The molecule has 0 radical (unpaired) electrons. The Morgan fingerprint density at radius 2 is 2.04 bits per heavy atom. The number of amides is 1. The number of carbonyl (C=O) groups excluding carboxylic acids is 2. The first-order valence-electron chi connectivity index (χ1n) is 9.52. The fraction of sp³-hybridized carbons (Fsp3) is 0.579. The highest BCUT2D eigenvalue weighted by molar-refractivity contribution is 6.04. The van der Waals surface area contributed by atoms with E-state index in [2.05, 4.69) is 26.7 Å². The minimum Gasteiger partial charge on any atom is -0.354 e. The summed E-state index contributed by atoms with van der Waals surface area (Å²) in [6, 6.07) is 0.167. The van der Waals surface area contributed by atoms with Crippen LogP contribution in [0.5, 0.6) is 0 Å². The Morgan fingerprint density at radius 1 is 1.23 bits per heavy atom. The van der Waals surface area contributed by atoms with Crippen LogP contribution in [0, 0.1) is 6.92 Å². The highest BCUT2D eigenvalue weighted by Gasteiger charge is 2.36. The SMILES string of the molecule is Cc1c(C(=O)N2Cc3nnc(C4CC4)n3[C@@H](C)C2)[nH]c2c1C(=O)CCC2. The molecule has 1 amide bonds. The molecule has 2 aromatic heterocycles. The molecule has 3 heterocycles. The van der Waals surface area contributed by atoms with Crippen molar-refractivity contribution in [1.29, 1.82) is 0 Å². The summed E-state index contributed by atoms with van der Waals surface area (Å²) < 4.78 is 2.22. The highest BCUT2D eigenvalue weighted by atomic mass is 16.2. The first kappa shape index (κ1) is 15.8. The molecule has 2 aliphatic carbocycles. The molecule has 1 fully saturated rings. The second kappa shape index (κ2) is 5.53. The average molecular weight is 353 g/mol. The van der Waals surface area contributed by atoms with Crippen molar-refractivity contribution in [1.82, 2.24) is 24.6 Å². The van der Waals surface area contributed by atoms with Crippen LogP contribution in [0.1, 0.15) is 88.3 Å². The van der Waals surface area contributed by atoms with E-state index < -0.39 is 0 Å². The molecule has 2 aromatic rings. The van der Waals surface area contributed by atoms with Gasteiger partial charge in [0.1, 0.15) is 11.5 Å². The van der Waals surface area contributed by atoms with Gasteiger partial charge in [0.2, 0.25) is 0 Å². The van der Waals surface area contributed by atoms with E-state index in [1.807, 2.05) is 11.8 Å². The van der Waals surface area contributed by atoms with Crippen LogP contribution < -0.4 is 0 Å². The summed E-state index contributed by atoms with van der Waals surface area (Å²) in [7, 11) is 0. The third kappa shape index (κ3) is 2.26. The van der Waals surface area contributed by atoms with Crippen LogP contribution in [0.25, 0.3) is 0 Å². The number of rotatable bonds is 2. The number of Topliss-reactive ketones (excluding diaryl/α,β-unsaturated/α-hetero) is 1. The van der Waals surface area contributed by atoms with Gasteiger partial charge in [-0.1, -0.05) is 0 Å². The number of carbonyl (C=O) groups is 2. The molecule has 136 valence electrons. The van der Waals surface area contributed by atoms with Crippen molar-refractivity contribution < 1.29 is 9.59 Å². The zero-order chi connectivity index (χ0) is 18.0. The molecule has 1 saturated carbocycles. The summed E-state index contributed by atoms with van der Waals surface area (Å²) in [6.45, 7) is 5.11. The Kier molecular flexibility index (Phi) is 3.36. The van der Waals surface area contributed by atoms with Crippen molar-refractivity contribution in [2.45, 2.75) is 64.5 Å². The van der Waals surface area contributed by atoms with Gasteiger partial charge in [0.25, 0.3) is 5.91 Å². The summed E-state index contributed by atoms with van der Waals surface area (Å²) in [6.07, 6.45) is 4.65. The molecule has 7 heteroatoms. The van der Waals surface area contributed by atoms with E-state index in [0.29, 0.717) is 31.1 Å². The van der Waals surface area contributed by atoms with Crippen LogP contribution in [0.15, 0.2) is 0 Å². The maximum absolute atomic E-state index is 13.2. The van der Waals surface area contributed by atoms with Crippen LogP contribution in [-0.2, 0) is 13.0 Å². The van der Waals surface area contributed by atoms with E-state index in [9.17, 15) is 9.59 Å². The van der Waals surface area contributed by atoms with Gasteiger partial charge in [-0.3, -0.25) is 9.59 Å². The Bertz CT molecular complexity index is 921. The lowest BCUT2D eigenvalue weighted by Crippen LogP contribution is -2.41. The zero-order valence-corrected chi connectivity index (χ0v) is 15.2. The van der Waals surface area contributed by atoms with Gasteiger partial charge in [0.15, 0.2) is 11.6 Å². The summed E-state index contributed by atoms with van der Waals surface area (Å²) in [5.41, 5.74) is 3.02. The maximum Gasteiger partial charge on any atom is 0.271 e. The van der Waals surface area contributed by atoms with E-state index in [1.165, 1.54) is 12.8 Å². The van der Waals surface area contributed by atoms with Crippen LogP contribution in [0.3, 0.4) is 0 Å². The Labute approximate surface area is 151 Å². The van der Waals surface area contributed by atoms with Crippen molar-refractivity contribution in [2.75, 3.05) is 6.54 Å². The molecule has 5 rings (SSSR count). The smallest absolute Gasteiger partial charge is 0.271 e. The molecular weight excluding hydrogens is 330 g/mol. The van der Waals surface area contributed by atoms with E-state index >= 15 is 0 Å². The highest BCUT2D eigenvalue weighted by Crippen LogP contribution is 2.41. The molecule has 0 bridgehead atoms. The molecule has 1 aliphatic heterocycles.